The molecule has 22 heavy (non-hydrogen) atoms. The fraction of sp³-hybridized carbons (Fsp3) is 0.154. The predicted molar refractivity (Wildman–Crippen MR) is 74.4 cm³/mol. The van der Waals surface area contributed by atoms with Crippen molar-refractivity contribution in [2.24, 2.45) is 4.99 Å². The first-order valence-electron chi connectivity index (χ1n) is 6.02. The van der Waals surface area contributed by atoms with Crippen molar-refractivity contribution >= 4 is 12.2 Å². The number of nitrogens with one attached hydrogen (secondary N) is 1. The first kappa shape index (κ1) is 15.5. The number of hydrogen-bond donors (Lipinski definition) is 1. The molecule has 6 nitrogen and oxygen atoms in total. The minimum Gasteiger partial charge on any atom is -0.369 e. The van der Waals surface area contributed by atoms with Crippen molar-refractivity contribution in [3.63, 3.8) is 0 Å². The van der Waals surface area contributed by atoms with Gasteiger partial charge in [-0.3, -0.25) is 9.78 Å². The fourth-order valence-electron chi connectivity index (χ4n) is 1.67. The molecule has 0 spiro atoms. The van der Waals surface area contributed by atoms with Crippen molar-refractivity contribution in [2.75, 3.05) is 14.1 Å². The van der Waals surface area contributed by atoms with E-state index in [-0.39, 0.29) is 5.82 Å². The molecule has 0 atom stereocenters. The van der Waals surface area contributed by atoms with Gasteiger partial charge < -0.3 is 4.90 Å². The van der Waals surface area contributed by atoms with Gasteiger partial charge in [-0.15, -0.1) is 0 Å². The molecular formula is C13H11F3N4O2. The molecule has 0 saturated heterocycles. The lowest BCUT2D eigenvalue weighted by molar-refractivity contribution is 0.444. The maximum Gasteiger partial charge on any atom is 0.334 e. The molecule has 0 unspecified atom stereocenters. The van der Waals surface area contributed by atoms with Gasteiger partial charge in [-0.1, -0.05) is 0 Å². The van der Waals surface area contributed by atoms with Crippen LogP contribution in [0.15, 0.2) is 32.8 Å². The Hall–Kier alpha value is -2.84. The summed E-state index contributed by atoms with van der Waals surface area (Å²) in [5.41, 5.74) is -2.34. The van der Waals surface area contributed by atoms with E-state index in [2.05, 4.69) is 4.99 Å². The van der Waals surface area contributed by atoms with Crippen LogP contribution in [0.25, 0.3) is 5.69 Å². The molecule has 0 bridgehead atoms. The van der Waals surface area contributed by atoms with E-state index >= 15 is 0 Å². The number of benzene rings is 1. The molecule has 9 heteroatoms. The van der Waals surface area contributed by atoms with Crippen LogP contribution in [0.2, 0.25) is 0 Å². The number of aromatic amines is 1. The van der Waals surface area contributed by atoms with E-state index in [9.17, 15) is 22.8 Å². The van der Waals surface area contributed by atoms with Gasteiger partial charge in [0.05, 0.1) is 12.0 Å². The van der Waals surface area contributed by atoms with Crippen LogP contribution in [-0.2, 0) is 0 Å². The number of nitrogens with zero attached hydrogens (tertiary/aromatic N) is 3. The molecule has 0 fully saturated rings. The third kappa shape index (κ3) is 2.92. The highest BCUT2D eigenvalue weighted by Crippen LogP contribution is 2.21. The first-order chi connectivity index (χ1) is 10.3. The van der Waals surface area contributed by atoms with Gasteiger partial charge >= 0.3 is 5.69 Å². The lowest BCUT2D eigenvalue weighted by Crippen LogP contribution is -2.29. The monoisotopic (exact) mass is 312 g/mol. The Kier molecular flexibility index (Phi) is 4.15. The second-order valence-corrected chi connectivity index (χ2v) is 4.54. The predicted octanol–water partition coefficient (Wildman–Crippen LogP) is 1.16. The summed E-state index contributed by atoms with van der Waals surface area (Å²) in [6.07, 6.45) is 1.27. The summed E-state index contributed by atoms with van der Waals surface area (Å²) >= 11 is 0. The molecule has 0 radical (unpaired) electrons. The molecule has 0 amide bonds. The zero-order valence-electron chi connectivity index (χ0n) is 11.6. The van der Waals surface area contributed by atoms with Crippen LogP contribution in [-0.4, -0.2) is 34.9 Å². The summed E-state index contributed by atoms with van der Waals surface area (Å²) in [7, 11) is 3.27. The lowest BCUT2D eigenvalue weighted by atomic mass is 10.2. The third-order valence-electron chi connectivity index (χ3n) is 2.60. The van der Waals surface area contributed by atoms with E-state index in [1.54, 1.807) is 14.1 Å². The van der Waals surface area contributed by atoms with Crippen molar-refractivity contribution in [1.29, 1.82) is 0 Å². The van der Waals surface area contributed by atoms with Crippen LogP contribution in [0.4, 0.5) is 19.0 Å². The van der Waals surface area contributed by atoms with Crippen molar-refractivity contribution in [2.45, 2.75) is 0 Å². The van der Waals surface area contributed by atoms with Crippen LogP contribution in [0.3, 0.4) is 0 Å². The van der Waals surface area contributed by atoms with Gasteiger partial charge in [-0.05, 0) is 12.1 Å². The van der Waals surface area contributed by atoms with Gasteiger partial charge in [0, 0.05) is 20.2 Å². The average Bonchev–Trinajstić information content (AvgIpc) is 2.43. The topological polar surface area (TPSA) is 70.5 Å². The van der Waals surface area contributed by atoms with Crippen LogP contribution < -0.4 is 11.2 Å². The van der Waals surface area contributed by atoms with Crippen molar-refractivity contribution < 1.29 is 13.2 Å². The van der Waals surface area contributed by atoms with Crippen molar-refractivity contribution in [3.05, 3.63) is 56.5 Å². The fourth-order valence-corrected chi connectivity index (χ4v) is 1.67. The molecule has 1 heterocycles. The van der Waals surface area contributed by atoms with Gasteiger partial charge in [0.2, 0.25) is 0 Å². The molecule has 0 aliphatic rings. The number of halogens is 3. The average molecular weight is 312 g/mol. The zero-order valence-corrected chi connectivity index (χ0v) is 11.6. The van der Waals surface area contributed by atoms with Gasteiger partial charge in [-0.2, -0.15) is 0 Å². The van der Waals surface area contributed by atoms with Crippen molar-refractivity contribution in [1.82, 2.24) is 14.5 Å². The maximum absolute atomic E-state index is 13.9. The number of aromatic nitrogens is 2. The van der Waals surface area contributed by atoms with E-state index < -0.39 is 34.4 Å². The standard InChI is InChI=1S/C13H11F3N4O2/c1-19(2)6-17-9-5-10(21)18-13(22)20(9)8-4-3-7(14)11(15)12(8)16/h3-6H,1-2H3,(H,18,21,22). The Bertz CT molecular complexity index is 855. The van der Waals surface area contributed by atoms with E-state index in [0.29, 0.717) is 10.6 Å². The molecular weight excluding hydrogens is 301 g/mol. The van der Waals surface area contributed by atoms with E-state index in [4.69, 9.17) is 0 Å². The third-order valence-corrected chi connectivity index (χ3v) is 2.60. The molecule has 0 saturated carbocycles. The van der Waals surface area contributed by atoms with Crippen molar-refractivity contribution in [3.8, 4) is 5.69 Å². The smallest absolute Gasteiger partial charge is 0.334 e. The van der Waals surface area contributed by atoms with E-state index in [0.717, 1.165) is 12.1 Å². The Balaban J connectivity index is 2.78. The summed E-state index contributed by atoms with van der Waals surface area (Å²) in [4.78, 5) is 30.5. The Morgan fingerprint density at radius 2 is 1.86 bits per heavy atom. The normalized spacial score (nSPS) is 11.1. The van der Waals surface area contributed by atoms with Gasteiger partial charge in [0.25, 0.3) is 5.56 Å². The molecule has 116 valence electrons. The van der Waals surface area contributed by atoms with Crippen LogP contribution in [0.1, 0.15) is 0 Å². The summed E-state index contributed by atoms with van der Waals surface area (Å²) in [6.45, 7) is 0. The Labute approximate surface area is 122 Å². The zero-order chi connectivity index (χ0) is 16.4. The van der Waals surface area contributed by atoms with Crippen LogP contribution in [0, 0.1) is 17.5 Å². The summed E-state index contributed by atoms with van der Waals surface area (Å²) < 4.78 is 40.9. The molecule has 0 aliphatic heterocycles. The SMILES string of the molecule is CN(C)C=Nc1cc(=O)[nH]c(=O)n1-c1ccc(F)c(F)c1F. The Morgan fingerprint density at radius 3 is 2.50 bits per heavy atom. The molecule has 0 aliphatic carbocycles. The highest BCUT2D eigenvalue weighted by atomic mass is 19.2. The molecule has 1 aromatic heterocycles. The highest BCUT2D eigenvalue weighted by molar-refractivity contribution is 5.60. The summed E-state index contributed by atoms with van der Waals surface area (Å²) in [5, 5.41) is 0. The number of hydrogen-bond acceptors (Lipinski definition) is 3. The van der Waals surface area contributed by atoms with E-state index in [1.165, 1.54) is 11.2 Å². The number of rotatable bonds is 3. The quantitative estimate of drug-likeness (QED) is 0.525. The molecule has 1 aromatic carbocycles. The van der Waals surface area contributed by atoms with Gasteiger partial charge in [0.15, 0.2) is 17.5 Å². The van der Waals surface area contributed by atoms with Gasteiger partial charge in [0.1, 0.15) is 5.82 Å². The van der Waals surface area contributed by atoms with Gasteiger partial charge in [-0.25, -0.2) is 27.5 Å². The highest BCUT2D eigenvalue weighted by Gasteiger charge is 2.18. The first-order valence-corrected chi connectivity index (χ1v) is 6.02. The largest absolute Gasteiger partial charge is 0.369 e. The minimum absolute atomic E-state index is 0.229. The van der Waals surface area contributed by atoms with Crippen LogP contribution >= 0.6 is 0 Å². The second kappa shape index (κ2) is 5.88. The molecule has 1 N–H and O–H groups in total. The maximum atomic E-state index is 13.9. The Morgan fingerprint density at radius 1 is 1.18 bits per heavy atom. The lowest BCUT2D eigenvalue weighted by Gasteiger charge is -2.11. The molecule has 2 rings (SSSR count). The minimum atomic E-state index is -1.72. The van der Waals surface area contributed by atoms with E-state index in [1.807, 2.05) is 4.98 Å². The second-order valence-electron chi connectivity index (χ2n) is 4.54. The number of aliphatic imine (C=N–C) groups is 1. The summed E-state index contributed by atoms with van der Waals surface area (Å²) in [6, 6.07) is 2.48. The van der Waals surface area contributed by atoms with Crippen LogP contribution in [0.5, 0.6) is 0 Å². The summed E-state index contributed by atoms with van der Waals surface area (Å²) in [5.74, 6) is -4.90. The number of H-pyrrole nitrogens is 1. The molecule has 2 aromatic rings.